The first kappa shape index (κ1) is 12.7. The minimum absolute atomic E-state index is 0.0358. The molecular weight excluding hydrogens is 248 g/mol. The van der Waals surface area contributed by atoms with Gasteiger partial charge in [0.05, 0.1) is 5.56 Å². The normalized spacial score (nSPS) is 10.9. The molecule has 0 fully saturated rings. The Morgan fingerprint density at radius 1 is 0.900 bits per heavy atom. The lowest BCUT2D eigenvalue weighted by Crippen LogP contribution is -2.04. The van der Waals surface area contributed by atoms with Crippen molar-refractivity contribution in [2.24, 2.45) is 0 Å². The SMILES string of the molecule is Cc1oc(C)c(C(=O)c2cccc3ccccc23)c1C. The van der Waals surface area contributed by atoms with E-state index in [-0.39, 0.29) is 5.78 Å². The molecule has 0 bridgehead atoms. The number of carbonyl (C=O) groups is 1. The average molecular weight is 264 g/mol. The largest absolute Gasteiger partial charge is 0.466 e. The van der Waals surface area contributed by atoms with Crippen molar-refractivity contribution < 1.29 is 9.21 Å². The van der Waals surface area contributed by atoms with Gasteiger partial charge in [-0.15, -0.1) is 0 Å². The van der Waals surface area contributed by atoms with Gasteiger partial charge in [0.15, 0.2) is 5.78 Å². The molecule has 0 aliphatic rings. The Hall–Kier alpha value is -2.35. The fourth-order valence-electron chi connectivity index (χ4n) is 2.69. The highest BCUT2D eigenvalue weighted by Crippen LogP contribution is 2.27. The van der Waals surface area contributed by atoms with Crippen molar-refractivity contribution in [3.05, 3.63) is 70.7 Å². The van der Waals surface area contributed by atoms with Crippen LogP contribution in [0.2, 0.25) is 0 Å². The number of rotatable bonds is 2. The molecule has 20 heavy (non-hydrogen) atoms. The number of hydrogen-bond donors (Lipinski definition) is 0. The molecule has 0 radical (unpaired) electrons. The van der Waals surface area contributed by atoms with Crippen LogP contribution in [0.3, 0.4) is 0 Å². The van der Waals surface area contributed by atoms with Crippen molar-refractivity contribution in [1.82, 2.24) is 0 Å². The van der Waals surface area contributed by atoms with Crippen molar-refractivity contribution in [2.45, 2.75) is 20.8 Å². The fourth-order valence-corrected chi connectivity index (χ4v) is 2.69. The van der Waals surface area contributed by atoms with Crippen molar-refractivity contribution in [3.63, 3.8) is 0 Å². The zero-order chi connectivity index (χ0) is 14.3. The molecule has 2 aromatic carbocycles. The van der Waals surface area contributed by atoms with E-state index in [1.807, 2.05) is 63.2 Å². The summed E-state index contributed by atoms with van der Waals surface area (Å²) in [7, 11) is 0. The topological polar surface area (TPSA) is 30.2 Å². The van der Waals surface area contributed by atoms with E-state index < -0.39 is 0 Å². The summed E-state index contributed by atoms with van der Waals surface area (Å²) in [5, 5.41) is 2.06. The molecular formula is C18H16O2. The smallest absolute Gasteiger partial charge is 0.197 e. The number of hydrogen-bond acceptors (Lipinski definition) is 2. The molecule has 0 saturated carbocycles. The standard InChI is InChI=1S/C18H16O2/c1-11-12(2)20-13(3)17(11)18(19)16-10-6-8-14-7-4-5-9-15(14)16/h4-10H,1-3H3. The second-order valence-electron chi connectivity index (χ2n) is 5.07. The molecule has 0 spiro atoms. The van der Waals surface area contributed by atoms with Gasteiger partial charge in [0.1, 0.15) is 11.5 Å². The van der Waals surface area contributed by atoms with Crippen molar-refractivity contribution in [3.8, 4) is 0 Å². The van der Waals surface area contributed by atoms with Crippen LogP contribution in [0.5, 0.6) is 0 Å². The van der Waals surface area contributed by atoms with Crippen molar-refractivity contribution >= 4 is 16.6 Å². The van der Waals surface area contributed by atoms with Crippen LogP contribution >= 0.6 is 0 Å². The van der Waals surface area contributed by atoms with Gasteiger partial charge in [0.2, 0.25) is 0 Å². The molecule has 0 N–H and O–H groups in total. The molecule has 3 aromatic rings. The van der Waals surface area contributed by atoms with Crippen LogP contribution in [-0.2, 0) is 0 Å². The maximum absolute atomic E-state index is 12.9. The van der Waals surface area contributed by atoms with Gasteiger partial charge in [0, 0.05) is 11.1 Å². The Bertz CT molecular complexity index is 804. The highest BCUT2D eigenvalue weighted by molar-refractivity contribution is 6.17. The fraction of sp³-hybridized carbons (Fsp3) is 0.167. The summed E-state index contributed by atoms with van der Waals surface area (Å²) in [6.07, 6.45) is 0. The molecule has 3 rings (SSSR count). The van der Waals surface area contributed by atoms with E-state index in [0.29, 0.717) is 11.3 Å². The van der Waals surface area contributed by atoms with E-state index in [2.05, 4.69) is 0 Å². The summed E-state index contributed by atoms with van der Waals surface area (Å²) < 4.78 is 5.58. The predicted molar refractivity (Wildman–Crippen MR) is 80.3 cm³/mol. The molecule has 0 unspecified atom stereocenters. The lowest BCUT2D eigenvalue weighted by Gasteiger charge is -2.06. The van der Waals surface area contributed by atoms with Crippen LogP contribution in [-0.4, -0.2) is 5.78 Å². The first-order valence-corrected chi connectivity index (χ1v) is 6.68. The van der Waals surface area contributed by atoms with Gasteiger partial charge in [-0.2, -0.15) is 0 Å². The number of aryl methyl sites for hydroxylation is 2. The van der Waals surface area contributed by atoms with Crippen LogP contribution in [0.15, 0.2) is 46.9 Å². The second kappa shape index (κ2) is 4.64. The summed E-state index contributed by atoms with van der Waals surface area (Å²) in [6, 6.07) is 13.8. The first-order valence-electron chi connectivity index (χ1n) is 6.68. The summed E-state index contributed by atoms with van der Waals surface area (Å²) in [5.74, 6) is 1.54. The second-order valence-corrected chi connectivity index (χ2v) is 5.07. The number of furan rings is 1. The van der Waals surface area contributed by atoms with Crippen LogP contribution in [0.4, 0.5) is 0 Å². The number of carbonyl (C=O) groups excluding carboxylic acids is 1. The average Bonchev–Trinajstić information content (AvgIpc) is 2.71. The van der Waals surface area contributed by atoms with E-state index in [1.54, 1.807) is 0 Å². The molecule has 0 aliphatic carbocycles. The van der Waals surface area contributed by atoms with E-state index in [4.69, 9.17) is 4.42 Å². The van der Waals surface area contributed by atoms with E-state index >= 15 is 0 Å². The quantitative estimate of drug-likeness (QED) is 0.634. The molecule has 0 amide bonds. The van der Waals surface area contributed by atoms with Crippen LogP contribution < -0.4 is 0 Å². The number of benzene rings is 2. The van der Waals surface area contributed by atoms with Crippen LogP contribution in [0.25, 0.3) is 10.8 Å². The van der Waals surface area contributed by atoms with Crippen LogP contribution in [0, 0.1) is 20.8 Å². The molecule has 1 aromatic heterocycles. The Kier molecular flexibility index (Phi) is 2.94. The summed E-state index contributed by atoms with van der Waals surface area (Å²) in [6.45, 7) is 5.67. The monoisotopic (exact) mass is 264 g/mol. The van der Waals surface area contributed by atoms with Crippen molar-refractivity contribution in [2.75, 3.05) is 0 Å². The molecule has 0 saturated heterocycles. The molecule has 100 valence electrons. The van der Waals surface area contributed by atoms with Gasteiger partial charge < -0.3 is 4.42 Å². The Morgan fingerprint density at radius 2 is 1.60 bits per heavy atom. The predicted octanol–water partition coefficient (Wildman–Crippen LogP) is 4.59. The van der Waals surface area contributed by atoms with E-state index in [1.165, 1.54) is 0 Å². The molecule has 0 atom stereocenters. The maximum Gasteiger partial charge on any atom is 0.197 e. The zero-order valence-corrected chi connectivity index (χ0v) is 11.9. The van der Waals surface area contributed by atoms with Gasteiger partial charge in [0.25, 0.3) is 0 Å². The van der Waals surface area contributed by atoms with E-state index in [0.717, 1.165) is 27.7 Å². The Morgan fingerprint density at radius 3 is 2.30 bits per heavy atom. The summed E-state index contributed by atoms with van der Waals surface area (Å²) in [4.78, 5) is 12.9. The highest BCUT2D eigenvalue weighted by Gasteiger charge is 2.21. The van der Waals surface area contributed by atoms with Gasteiger partial charge in [-0.3, -0.25) is 4.79 Å². The van der Waals surface area contributed by atoms with E-state index in [9.17, 15) is 4.79 Å². The van der Waals surface area contributed by atoms with Gasteiger partial charge in [-0.05, 0) is 31.5 Å². The summed E-state index contributed by atoms with van der Waals surface area (Å²) in [5.41, 5.74) is 2.36. The first-order chi connectivity index (χ1) is 9.59. The summed E-state index contributed by atoms with van der Waals surface area (Å²) >= 11 is 0. The third-order valence-corrected chi connectivity index (χ3v) is 3.82. The molecule has 2 nitrogen and oxygen atoms in total. The minimum atomic E-state index is 0.0358. The molecule has 1 heterocycles. The number of ketones is 1. The van der Waals surface area contributed by atoms with Gasteiger partial charge >= 0.3 is 0 Å². The lowest BCUT2D eigenvalue weighted by molar-refractivity contribution is 0.103. The third kappa shape index (κ3) is 1.85. The maximum atomic E-state index is 12.9. The molecule has 2 heteroatoms. The minimum Gasteiger partial charge on any atom is -0.466 e. The highest BCUT2D eigenvalue weighted by atomic mass is 16.3. The van der Waals surface area contributed by atoms with Gasteiger partial charge in [-0.1, -0.05) is 42.5 Å². The zero-order valence-electron chi connectivity index (χ0n) is 11.9. The third-order valence-electron chi connectivity index (χ3n) is 3.82. The lowest BCUT2D eigenvalue weighted by atomic mass is 9.95. The molecule has 0 aliphatic heterocycles. The number of fused-ring (bicyclic) bond motifs is 1. The van der Waals surface area contributed by atoms with Crippen LogP contribution in [0.1, 0.15) is 33.0 Å². The van der Waals surface area contributed by atoms with Gasteiger partial charge in [-0.25, -0.2) is 0 Å². The van der Waals surface area contributed by atoms with Crippen molar-refractivity contribution in [1.29, 1.82) is 0 Å². The Balaban J connectivity index is 2.23. The Labute approximate surface area is 118 Å².